The smallest absolute Gasteiger partial charge is 0.255 e. The van der Waals surface area contributed by atoms with Crippen LogP contribution in [0.15, 0.2) is 36.2 Å². The molecule has 1 aliphatic carbocycles. The SMILES string of the molecule is CC1(C)CC2(C=C(C#N)C1=O)CCN(C(=O)c1cccnc1)C2. The fourth-order valence-corrected chi connectivity index (χ4v) is 3.83. The highest BCUT2D eigenvalue weighted by molar-refractivity contribution is 6.03. The number of Topliss-reactive ketones (excluding diaryl/α,β-unsaturated/α-hetero) is 1. The Labute approximate surface area is 135 Å². The fourth-order valence-electron chi connectivity index (χ4n) is 3.83. The second kappa shape index (κ2) is 5.31. The van der Waals surface area contributed by atoms with Crippen LogP contribution in [0.5, 0.6) is 0 Å². The zero-order chi connectivity index (χ0) is 16.7. The topological polar surface area (TPSA) is 74.1 Å². The van der Waals surface area contributed by atoms with Gasteiger partial charge in [0.15, 0.2) is 5.78 Å². The standard InChI is InChI=1S/C18H19N3O2/c1-17(2)11-18(8-14(9-19)15(17)22)5-7-21(12-18)16(23)13-4-3-6-20-10-13/h3-4,6,8,10H,5,7,11-12H2,1-2H3. The van der Waals surface area contributed by atoms with Crippen molar-refractivity contribution in [3.63, 3.8) is 0 Å². The highest BCUT2D eigenvalue weighted by Crippen LogP contribution is 2.48. The molecule has 23 heavy (non-hydrogen) atoms. The molecule has 2 aliphatic rings. The number of allylic oxidation sites excluding steroid dienone is 1. The molecule has 0 saturated carbocycles. The van der Waals surface area contributed by atoms with Gasteiger partial charge in [0.05, 0.1) is 11.1 Å². The number of nitriles is 1. The third-order valence-electron chi connectivity index (χ3n) is 4.81. The van der Waals surface area contributed by atoms with Crippen molar-refractivity contribution >= 4 is 11.7 Å². The zero-order valence-corrected chi connectivity index (χ0v) is 13.4. The van der Waals surface area contributed by atoms with Crippen LogP contribution >= 0.6 is 0 Å². The number of rotatable bonds is 1. The Morgan fingerprint density at radius 2 is 2.22 bits per heavy atom. The number of carbonyl (C=O) groups excluding carboxylic acids is 2. The van der Waals surface area contributed by atoms with Gasteiger partial charge in [-0.3, -0.25) is 14.6 Å². The summed E-state index contributed by atoms with van der Waals surface area (Å²) >= 11 is 0. The van der Waals surface area contributed by atoms with Gasteiger partial charge in [0.2, 0.25) is 0 Å². The molecule has 1 aromatic heterocycles. The maximum atomic E-state index is 12.6. The lowest BCUT2D eigenvalue weighted by Crippen LogP contribution is -2.40. The maximum Gasteiger partial charge on any atom is 0.255 e. The fraction of sp³-hybridized carbons (Fsp3) is 0.444. The third kappa shape index (κ3) is 2.65. The number of amides is 1. The van der Waals surface area contributed by atoms with E-state index in [9.17, 15) is 14.9 Å². The minimum absolute atomic E-state index is 0.0448. The zero-order valence-electron chi connectivity index (χ0n) is 13.4. The molecule has 2 heterocycles. The molecule has 1 amide bonds. The number of hydrogen-bond donors (Lipinski definition) is 0. The van der Waals surface area contributed by atoms with Gasteiger partial charge in [-0.05, 0) is 25.0 Å². The molecular formula is C18H19N3O2. The van der Waals surface area contributed by atoms with Gasteiger partial charge in [-0.1, -0.05) is 19.9 Å². The van der Waals surface area contributed by atoms with Crippen molar-refractivity contribution in [2.45, 2.75) is 26.7 Å². The van der Waals surface area contributed by atoms with Crippen LogP contribution in [0.4, 0.5) is 0 Å². The number of carbonyl (C=O) groups is 2. The van der Waals surface area contributed by atoms with Crippen LogP contribution in [-0.4, -0.2) is 34.7 Å². The van der Waals surface area contributed by atoms with Gasteiger partial charge in [0.1, 0.15) is 6.07 Å². The molecule has 3 rings (SSSR count). The van der Waals surface area contributed by atoms with E-state index in [0.29, 0.717) is 25.1 Å². The van der Waals surface area contributed by atoms with Crippen molar-refractivity contribution in [1.82, 2.24) is 9.88 Å². The number of hydrogen-bond acceptors (Lipinski definition) is 4. The van der Waals surface area contributed by atoms with Gasteiger partial charge < -0.3 is 4.90 Å². The first-order chi connectivity index (χ1) is 10.9. The van der Waals surface area contributed by atoms with Crippen LogP contribution in [0.2, 0.25) is 0 Å². The van der Waals surface area contributed by atoms with Crippen molar-refractivity contribution in [2.24, 2.45) is 10.8 Å². The van der Waals surface area contributed by atoms with Crippen molar-refractivity contribution < 1.29 is 9.59 Å². The summed E-state index contributed by atoms with van der Waals surface area (Å²) in [6, 6.07) is 5.53. The summed E-state index contributed by atoms with van der Waals surface area (Å²) in [6.45, 7) is 4.94. The molecule has 0 radical (unpaired) electrons. The van der Waals surface area contributed by atoms with Gasteiger partial charge >= 0.3 is 0 Å². The lowest BCUT2D eigenvalue weighted by molar-refractivity contribution is -0.125. The molecule has 1 aliphatic heterocycles. The average Bonchev–Trinajstić information content (AvgIpc) is 2.94. The molecule has 5 nitrogen and oxygen atoms in total. The van der Waals surface area contributed by atoms with Gasteiger partial charge in [0.25, 0.3) is 5.91 Å². The molecule has 0 N–H and O–H groups in total. The molecule has 0 bridgehead atoms. The number of pyridine rings is 1. The van der Waals surface area contributed by atoms with E-state index in [1.54, 1.807) is 35.5 Å². The minimum Gasteiger partial charge on any atom is -0.338 e. The second-order valence-electron chi connectivity index (χ2n) is 7.14. The predicted octanol–water partition coefficient (Wildman–Crippen LogP) is 2.36. The van der Waals surface area contributed by atoms with E-state index in [4.69, 9.17) is 0 Å². The van der Waals surface area contributed by atoms with Crippen molar-refractivity contribution in [3.8, 4) is 6.07 Å². The molecule has 1 atom stereocenters. The molecule has 1 aromatic rings. The molecule has 118 valence electrons. The third-order valence-corrected chi connectivity index (χ3v) is 4.81. The molecule has 5 heteroatoms. The Morgan fingerprint density at radius 1 is 1.43 bits per heavy atom. The van der Waals surface area contributed by atoms with E-state index in [1.165, 1.54) is 0 Å². The van der Waals surface area contributed by atoms with Crippen LogP contribution in [0.3, 0.4) is 0 Å². The number of likely N-dealkylation sites (tertiary alicyclic amines) is 1. The lowest BCUT2D eigenvalue weighted by atomic mass is 9.64. The Hall–Kier alpha value is -2.48. The van der Waals surface area contributed by atoms with Crippen LogP contribution in [0.25, 0.3) is 0 Å². The van der Waals surface area contributed by atoms with Crippen molar-refractivity contribution in [2.75, 3.05) is 13.1 Å². The monoisotopic (exact) mass is 309 g/mol. The normalized spacial score (nSPS) is 26.0. The Bertz CT molecular complexity index is 730. The second-order valence-corrected chi connectivity index (χ2v) is 7.14. The maximum absolute atomic E-state index is 12.6. The molecule has 0 aromatic carbocycles. The predicted molar refractivity (Wildman–Crippen MR) is 84.3 cm³/mol. The Morgan fingerprint density at radius 3 is 2.87 bits per heavy atom. The minimum atomic E-state index is -0.562. The molecule has 1 unspecified atom stereocenters. The van der Waals surface area contributed by atoms with Gasteiger partial charge in [0, 0.05) is 36.3 Å². The van der Waals surface area contributed by atoms with Crippen LogP contribution < -0.4 is 0 Å². The summed E-state index contributed by atoms with van der Waals surface area (Å²) in [6.07, 6.45) is 6.45. The number of aromatic nitrogens is 1. The van der Waals surface area contributed by atoms with E-state index in [0.717, 1.165) is 6.42 Å². The Balaban J connectivity index is 1.87. The van der Waals surface area contributed by atoms with Crippen molar-refractivity contribution in [1.29, 1.82) is 5.26 Å². The summed E-state index contributed by atoms with van der Waals surface area (Å²) in [5.74, 6) is -0.140. The summed E-state index contributed by atoms with van der Waals surface area (Å²) in [5, 5.41) is 9.26. The van der Waals surface area contributed by atoms with Crippen LogP contribution in [0, 0.1) is 22.2 Å². The summed E-state index contributed by atoms with van der Waals surface area (Å²) in [4.78, 5) is 30.7. The first-order valence-electron chi connectivity index (χ1n) is 7.74. The van der Waals surface area contributed by atoms with E-state index in [1.807, 2.05) is 19.9 Å². The summed E-state index contributed by atoms with van der Waals surface area (Å²) in [5.41, 5.74) is -0.0369. The van der Waals surface area contributed by atoms with Gasteiger partial charge in [-0.25, -0.2) is 0 Å². The Kier molecular flexibility index (Phi) is 3.56. The highest BCUT2D eigenvalue weighted by Gasteiger charge is 2.48. The molecule has 1 saturated heterocycles. The van der Waals surface area contributed by atoms with E-state index < -0.39 is 5.41 Å². The molecule has 1 spiro atoms. The first-order valence-corrected chi connectivity index (χ1v) is 7.74. The average molecular weight is 309 g/mol. The van der Waals surface area contributed by atoms with Crippen LogP contribution in [-0.2, 0) is 4.79 Å². The largest absolute Gasteiger partial charge is 0.338 e. The number of ketones is 1. The highest BCUT2D eigenvalue weighted by atomic mass is 16.2. The van der Waals surface area contributed by atoms with E-state index in [2.05, 4.69) is 4.98 Å². The van der Waals surface area contributed by atoms with E-state index in [-0.39, 0.29) is 22.7 Å². The number of nitrogens with zero attached hydrogens (tertiary/aromatic N) is 3. The van der Waals surface area contributed by atoms with Gasteiger partial charge in [-0.2, -0.15) is 5.26 Å². The lowest BCUT2D eigenvalue weighted by Gasteiger charge is -2.38. The summed E-state index contributed by atoms with van der Waals surface area (Å²) < 4.78 is 0. The molecular weight excluding hydrogens is 290 g/mol. The van der Waals surface area contributed by atoms with Crippen molar-refractivity contribution in [3.05, 3.63) is 41.7 Å². The molecule has 1 fully saturated rings. The summed E-state index contributed by atoms with van der Waals surface area (Å²) in [7, 11) is 0. The quantitative estimate of drug-likeness (QED) is 0.798. The van der Waals surface area contributed by atoms with Gasteiger partial charge in [-0.15, -0.1) is 0 Å². The van der Waals surface area contributed by atoms with Crippen LogP contribution in [0.1, 0.15) is 37.0 Å². The van der Waals surface area contributed by atoms with E-state index >= 15 is 0 Å². The first kappa shape index (κ1) is 15.4.